The van der Waals surface area contributed by atoms with E-state index in [4.69, 9.17) is 4.74 Å². The summed E-state index contributed by atoms with van der Waals surface area (Å²) in [6.45, 7) is 1.39. The highest BCUT2D eigenvalue weighted by Gasteiger charge is 2.15. The summed E-state index contributed by atoms with van der Waals surface area (Å²) in [6.07, 6.45) is 6.04. The van der Waals surface area contributed by atoms with Crippen molar-refractivity contribution in [3.05, 3.63) is 75.8 Å². The van der Waals surface area contributed by atoms with Gasteiger partial charge in [-0.2, -0.15) is 0 Å². The van der Waals surface area contributed by atoms with Gasteiger partial charge in [-0.3, -0.25) is 10.1 Å². The van der Waals surface area contributed by atoms with Crippen molar-refractivity contribution >= 4 is 11.8 Å². The molecule has 1 aliphatic rings. The fraction of sp³-hybridized carbons (Fsp3) is 0.263. The van der Waals surface area contributed by atoms with Crippen LogP contribution < -0.4 is 10.1 Å². The molecule has 0 aliphatic carbocycles. The van der Waals surface area contributed by atoms with E-state index < -0.39 is 0 Å². The van der Waals surface area contributed by atoms with E-state index in [9.17, 15) is 10.1 Å². The zero-order chi connectivity index (χ0) is 16.8. The summed E-state index contributed by atoms with van der Waals surface area (Å²) in [5.41, 5.74) is 1.69. The quantitative estimate of drug-likeness (QED) is 0.646. The molecule has 2 aromatic carbocycles. The molecule has 1 saturated heterocycles. The molecular formula is C19H20N2O3. The van der Waals surface area contributed by atoms with Crippen LogP contribution in [0.1, 0.15) is 24.0 Å². The fourth-order valence-corrected chi connectivity index (χ4v) is 2.75. The van der Waals surface area contributed by atoms with Gasteiger partial charge in [0.2, 0.25) is 0 Å². The molecule has 3 rings (SSSR count). The van der Waals surface area contributed by atoms with E-state index in [-0.39, 0.29) is 10.6 Å². The van der Waals surface area contributed by atoms with Crippen molar-refractivity contribution in [3.8, 4) is 5.75 Å². The van der Waals surface area contributed by atoms with Crippen LogP contribution in [0.3, 0.4) is 0 Å². The van der Waals surface area contributed by atoms with Crippen LogP contribution in [-0.4, -0.2) is 17.5 Å². The SMILES string of the molecule is O=[N+]([O-])c1cc(OCc2ccccc2)ccc1/C=C/C1CCCN1. The van der Waals surface area contributed by atoms with E-state index >= 15 is 0 Å². The second-order valence-electron chi connectivity index (χ2n) is 5.81. The van der Waals surface area contributed by atoms with Crippen LogP contribution in [0.25, 0.3) is 6.08 Å². The topological polar surface area (TPSA) is 64.4 Å². The second kappa shape index (κ2) is 7.75. The fourth-order valence-electron chi connectivity index (χ4n) is 2.75. The molecule has 1 heterocycles. The molecule has 1 unspecified atom stereocenters. The van der Waals surface area contributed by atoms with Crippen molar-refractivity contribution < 1.29 is 9.66 Å². The first-order valence-electron chi connectivity index (χ1n) is 8.09. The Morgan fingerprint density at radius 1 is 1.25 bits per heavy atom. The van der Waals surface area contributed by atoms with Gasteiger partial charge in [0.25, 0.3) is 5.69 Å². The zero-order valence-electron chi connectivity index (χ0n) is 13.4. The summed E-state index contributed by atoms with van der Waals surface area (Å²) in [6, 6.07) is 15.0. The average Bonchev–Trinajstić information content (AvgIpc) is 3.13. The third-order valence-electron chi connectivity index (χ3n) is 4.05. The van der Waals surface area contributed by atoms with Gasteiger partial charge in [0.1, 0.15) is 12.4 Å². The Morgan fingerprint density at radius 2 is 2.08 bits per heavy atom. The first-order valence-corrected chi connectivity index (χ1v) is 8.09. The van der Waals surface area contributed by atoms with Crippen molar-refractivity contribution in [3.63, 3.8) is 0 Å². The molecule has 1 N–H and O–H groups in total. The predicted octanol–water partition coefficient (Wildman–Crippen LogP) is 3.94. The van der Waals surface area contributed by atoms with Crippen LogP contribution in [0, 0.1) is 10.1 Å². The molecular weight excluding hydrogens is 304 g/mol. The summed E-state index contributed by atoms with van der Waals surface area (Å²) < 4.78 is 5.67. The van der Waals surface area contributed by atoms with E-state index in [0.29, 0.717) is 24.0 Å². The average molecular weight is 324 g/mol. The standard InChI is InChI=1S/C19H20N2O3/c22-21(23)19-13-18(24-14-15-5-2-1-3-6-15)11-9-16(19)8-10-17-7-4-12-20-17/h1-3,5-6,8-11,13,17,20H,4,7,12,14H2/b10-8+. The molecule has 0 spiro atoms. The van der Waals surface area contributed by atoms with Crippen LogP contribution in [-0.2, 0) is 6.61 Å². The summed E-state index contributed by atoms with van der Waals surface area (Å²) >= 11 is 0. The van der Waals surface area contributed by atoms with Gasteiger partial charge in [-0.1, -0.05) is 42.5 Å². The summed E-state index contributed by atoms with van der Waals surface area (Å²) in [5.74, 6) is 0.502. The number of nitrogens with one attached hydrogen (secondary N) is 1. The molecule has 1 fully saturated rings. The van der Waals surface area contributed by atoms with Crippen molar-refractivity contribution in [2.75, 3.05) is 6.54 Å². The first kappa shape index (κ1) is 16.2. The van der Waals surface area contributed by atoms with E-state index in [0.717, 1.165) is 24.9 Å². The Kier molecular flexibility index (Phi) is 5.23. The molecule has 1 aliphatic heterocycles. The minimum atomic E-state index is -0.364. The highest BCUT2D eigenvalue weighted by molar-refractivity contribution is 5.63. The van der Waals surface area contributed by atoms with Crippen LogP contribution >= 0.6 is 0 Å². The number of rotatable bonds is 6. The third kappa shape index (κ3) is 4.20. The van der Waals surface area contributed by atoms with Crippen LogP contribution in [0.4, 0.5) is 5.69 Å². The van der Waals surface area contributed by atoms with E-state index in [1.54, 1.807) is 12.1 Å². The van der Waals surface area contributed by atoms with Gasteiger partial charge >= 0.3 is 0 Å². The number of benzene rings is 2. The Balaban J connectivity index is 1.73. The molecule has 124 valence electrons. The summed E-state index contributed by atoms with van der Waals surface area (Å²) in [7, 11) is 0. The molecule has 5 nitrogen and oxygen atoms in total. The van der Waals surface area contributed by atoms with Crippen LogP contribution in [0.15, 0.2) is 54.6 Å². The molecule has 0 radical (unpaired) electrons. The van der Waals surface area contributed by atoms with Gasteiger partial charge in [0.15, 0.2) is 0 Å². The van der Waals surface area contributed by atoms with Gasteiger partial charge in [-0.15, -0.1) is 0 Å². The largest absolute Gasteiger partial charge is 0.489 e. The van der Waals surface area contributed by atoms with Crippen molar-refractivity contribution in [1.82, 2.24) is 5.32 Å². The predicted molar refractivity (Wildman–Crippen MR) is 93.9 cm³/mol. The first-order chi connectivity index (χ1) is 11.7. The molecule has 0 aromatic heterocycles. The lowest BCUT2D eigenvalue weighted by molar-refractivity contribution is -0.385. The highest BCUT2D eigenvalue weighted by atomic mass is 16.6. The smallest absolute Gasteiger partial charge is 0.280 e. The lowest BCUT2D eigenvalue weighted by Gasteiger charge is -2.08. The van der Waals surface area contributed by atoms with Gasteiger partial charge in [-0.05, 0) is 37.1 Å². The Morgan fingerprint density at radius 3 is 2.79 bits per heavy atom. The molecule has 24 heavy (non-hydrogen) atoms. The second-order valence-corrected chi connectivity index (χ2v) is 5.81. The number of nitro benzene ring substituents is 1. The maximum absolute atomic E-state index is 11.3. The monoisotopic (exact) mass is 324 g/mol. The Labute approximate surface area is 141 Å². The molecule has 0 saturated carbocycles. The lowest BCUT2D eigenvalue weighted by Crippen LogP contribution is -2.17. The minimum Gasteiger partial charge on any atom is -0.489 e. The summed E-state index contributed by atoms with van der Waals surface area (Å²) in [4.78, 5) is 11.0. The minimum absolute atomic E-state index is 0.0646. The number of hydrogen-bond donors (Lipinski definition) is 1. The maximum atomic E-state index is 11.3. The number of ether oxygens (including phenoxy) is 1. The maximum Gasteiger partial charge on any atom is 0.280 e. The Hall–Kier alpha value is -2.66. The Bertz CT molecular complexity index is 723. The van der Waals surface area contributed by atoms with E-state index in [1.807, 2.05) is 42.5 Å². The van der Waals surface area contributed by atoms with E-state index in [2.05, 4.69) is 5.32 Å². The third-order valence-corrected chi connectivity index (χ3v) is 4.05. The van der Waals surface area contributed by atoms with Gasteiger partial charge in [0, 0.05) is 6.04 Å². The van der Waals surface area contributed by atoms with Crippen LogP contribution in [0.2, 0.25) is 0 Å². The van der Waals surface area contributed by atoms with Crippen LogP contribution in [0.5, 0.6) is 5.75 Å². The number of hydrogen-bond acceptors (Lipinski definition) is 4. The van der Waals surface area contributed by atoms with Gasteiger partial charge in [-0.25, -0.2) is 0 Å². The van der Waals surface area contributed by atoms with Gasteiger partial charge in [0.05, 0.1) is 16.6 Å². The van der Waals surface area contributed by atoms with Crippen molar-refractivity contribution in [2.24, 2.45) is 0 Å². The lowest BCUT2D eigenvalue weighted by atomic mass is 10.1. The van der Waals surface area contributed by atoms with Gasteiger partial charge < -0.3 is 10.1 Å². The number of nitrogens with zero attached hydrogens (tertiary/aromatic N) is 1. The van der Waals surface area contributed by atoms with E-state index in [1.165, 1.54) is 6.07 Å². The van der Waals surface area contributed by atoms with Crippen molar-refractivity contribution in [2.45, 2.75) is 25.5 Å². The highest BCUT2D eigenvalue weighted by Crippen LogP contribution is 2.27. The van der Waals surface area contributed by atoms with Crippen molar-refractivity contribution in [1.29, 1.82) is 0 Å². The molecule has 2 aromatic rings. The summed E-state index contributed by atoms with van der Waals surface area (Å²) in [5, 5.41) is 14.7. The molecule has 0 bridgehead atoms. The molecule has 1 atom stereocenters. The normalized spacial score (nSPS) is 17.2. The molecule has 0 amide bonds. The molecule has 5 heteroatoms. The number of nitro groups is 1. The zero-order valence-corrected chi connectivity index (χ0v) is 13.4.